The molecule has 101 valence electrons. The van der Waals surface area contributed by atoms with Gasteiger partial charge in [-0.15, -0.1) is 0 Å². The van der Waals surface area contributed by atoms with Crippen molar-refractivity contribution in [1.82, 2.24) is 0 Å². The summed E-state index contributed by atoms with van der Waals surface area (Å²) >= 11 is 0. The summed E-state index contributed by atoms with van der Waals surface area (Å²) in [6.07, 6.45) is 0. The Morgan fingerprint density at radius 1 is 0.810 bits per heavy atom. The van der Waals surface area contributed by atoms with E-state index in [1.54, 1.807) is 36.4 Å². The van der Waals surface area contributed by atoms with Crippen molar-refractivity contribution in [2.45, 2.75) is 13.8 Å². The van der Waals surface area contributed by atoms with E-state index in [1.807, 2.05) is 13.8 Å². The third-order valence-corrected chi connectivity index (χ3v) is 3.16. The van der Waals surface area contributed by atoms with Crippen LogP contribution in [0.2, 0.25) is 0 Å². The van der Waals surface area contributed by atoms with E-state index in [-0.39, 0.29) is 0 Å². The lowest BCUT2D eigenvalue weighted by Crippen LogP contribution is -2.12. The van der Waals surface area contributed by atoms with Crippen LogP contribution in [0.15, 0.2) is 36.4 Å². The third-order valence-electron chi connectivity index (χ3n) is 3.16. The number of nitriles is 2. The quantitative estimate of drug-likeness (QED) is 0.804. The number of benzene rings is 2. The third kappa shape index (κ3) is 3.16. The van der Waals surface area contributed by atoms with Crippen molar-refractivity contribution in [3.05, 3.63) is 58.7 Å². The maximum atomic E-state index is 8.96. The van der Waals surface area contributed by atoms with E-state index >= 15 is 0 Å². The van der Waals surface area contributed by atoms with Crippen LogP contribution < -0.4 is 9.31 Å². The average molecular weight is 275 g/mol. The molecule has 5 heteroatoms. The van der Waals surface area contributed by atoms with Crippen LogP contribution >= 0.6 is 0 Å². The highest BCUT2D eigenvalue weighted by Crippen LogP contribution is 2.22. The molecule has 2 aromatic carbocycles. The van der Waals surface area contributed by atoms with Gasteiger partial charge in [-0.2, -0.15) is 10.5 Å². The topological polar surface area (TPSA) is 66.0 Å². The molecular formula is C16H12BN2O2. The van der Waals surface area contributed by atoms with Crippen molar-refractivity contribution >= 4 is 7.69 Å². The molecule has 0 fully saturated rings. The van der Waals surface area contributed by atoms with Crippen molar-refractivity contribution in [3.63, 3.8) is 0 Å². The van der Waals surface area contributed by atoms with Gasteiger partial charge in [0.05, 0.1) is 23.3 Å². The predicted octanol–water partition coefficient (Wildman–Crippen LogP) is 3.04. The van der Waals surface area contributed by atoms with Gasteiger partial charge in [0, 0.05) is 11.1 Å². The summed E-state index contributed by atoms with van der Waals surface area (Å²) in [6.45, 7) is 3.62. The summed E-state index contributed by atoms with van der Waals surface area (Å²) in [6, 6.07) is 14.7. The monoisotopic (exact) mass is 275 g/mol. The molecule has 0 heterocycles. The lowest BCUT2D eigenvalue weighted by Gasteiger charge is -2.11. The molecule has 0 saturated heterocycles. The van der Waals surface area contributed by atoms with Gasteiger partial charge in [0.1, 0.15) is 11.5 Å². The van der Waals surface area contributed by atoms with Crippen molar-refractivity contribution in [2.75, 3.05) is 0 Å². The van der Waals surface area contributed by atoms with Gasteiger partial charge in [-0.3, -0.25) is 0 Å². The van der Waals surface area contributed by atoms with Crippen LogP contribution in [0.3, 0.4) is 0 Å². The molecule has 0 bridgehead atoms. The summed E-state index contributed by atoms with van der Waals surface area (Å²) in [4.78, 5) is 0. The van der Waals surface area contributed by atoms with Crippen molar-refractivity contribution in [2.24, 2.45) is 0 Å². The first-order valence-corrected chi connectivity index (χ1v) is 6.31. The first-order valence-electron chi connectivity index (χ1n) is 6.31. The van der Waals surface area contributed by atoms with E-state index < -0.39 is 0 Å². The molecule has 21 heavy (non-hydrogen) atoms. The van der Waals surface area contributed by atoms with E-state index in [4.69, 9.17) is 19.8 Å². The second-order valence-electron chi connectivity index (χ2n) is 4.41. The minimum Gasteiger partial charge on any atom is -0.526 e. The second-order valence-corrected chi connectivity index (χ2v) is 4.41. The zero-order valence-corrected chi connectivity index (χ0v) is 11.8. The molecule has 0 unspecified atom stereocenters. The number of hydrogen-bond donors (Lipinski definition) is 0. The standard InChI is InChI=1S/C16H12BN2O2/c1-11-13(9-18)5-3-7-15(11)20-17-21-16-8-4-6-14(10-19)12(16)2/h3-8H,1-2H3. The normalized spacial score (nSPS) is 9.33. The predicted molar refractivity (Wildman–Crippen MR) is 78.8 cm³/mol. The molecule has 0 N–H and O–H groups in total. The lowest BCUT2D eigenvalue weighted by atomic mass is 10.1. The molecule has 1 radical (unpaired) electrons. The van der Waals surface area contributed by atoms with Crippen molar-refractivity contribution in [3.8, 4) is 23.6 Å². The molecule has 0 saturated carbocycles. The first kappa shape index (κ1) is 14.5. The number of rotatable bonds is 4. The Hall–Kier alpha value is -2.92. The Bertz CT molecular complexity index is 681. The molecule has 0 aromatic heterocycles. The molecular weight excluding hydrogens is 263 g/mol. The van der Waals surface area contributed by atoms with E-state index in [9.17, 15) is 0 Å². The first-order chi connectivity index (χ1) is 10.2. The van der Waals surface area contributed by atoms with Gasteiger partial charge < -0.3 is 9.31 Å². The van der Waals surface area contributed by atoms with Crippen LogP contribution in [-0.2, 0) is 0 Å². The summed E-state index contributed by atoms with van der Waals surface area (Å²) in [5.74, 6) is 1.12. The average Bonchev–Trinajstić information content (AvgIpc) is 2.50. The fourth-order valence-corrected chi connectivity index (χ4v) is 1.85. The largest absolute Gasteiger partial charge is 0.658 e. The van der Waals surface area contributed by atoms with E-state index in [2.05, 4.69) is 12.1 Å². The summed E-state index contributed by atoms with van der Waals surface area (Å²) < 4.78 is 10.9. The highest BCUT2D eigenvalue weighted by molar-refractivity contribution is 6.20. The zero-order chi connectivity index (χ0) is 15.2. The minimum absolute atomic E-state index is 0.558. The molecule has 0 spiro atoms. The van der Waals surface area contributed by atoms with Gasteiger partial charge >= 0.3 is 7.69 Å². The Kier molecular flexibility index (Phi) is 4.48. The Labute approximate surface area is 124 Å². The number of hydrogen-bond acceptors (Lipinski definition) is 4. The smallest absolute Gasteiger partial charge is 0.526 e. The summed E-state index contributed by atoms with van der Waals surface area (Å²) in [7, 11) is 1.20. The summed E-state index contributed by atoms with van der Waals surface area (Å²) in [5, 5.41) is 17.9. The van der Waals surface area contributed by atoms with E-state index in [1.165, 1.54) is 7.69 Å². The molecule has 2 rings (SSSR count). The zero-order valence-electron chi connectivity index (χ0n) is 11.8. The fourth-order valence-electron chi connectivity index (χ4n) is 1.85. The van der Waals surface area contributed by atoms with Gasteiger partial charge in [0.2, 0.25) is 0 Å². The minimum atomic E-state index is 0.558. The lowest BCUT2D eigenvalue weighted by molar-refractivity contribution is 0.455. The Balaban J connectivity index is 2.06. The SMILES string of the molecule is Cc1c(C#N)cccc1O[B]Oc1cccc(C#N)c1C. The van der Waals surface area contributed by atoms with Gasteiger partial charge in [-0.05, 0) is 38.1 Å². The van der Waals surface area contributed by atoms with E-state index in [0.29, 0.717) is 22.6 Å². The highest BCUT2D eigenvalue weighted by atomic mass is 16.6. The summed E-state index contributed by atoms with van der Waals surface area (Å²) in [5.41, 5.74) is 2.62. The van der Waals surface area contributed by atoms with Crippen LogP contribution in [0.4, 0.5) is 0 Å². The Morgan fingerprint density at radius 2 is 1.24 bits per heavy atom. The van der Waals surface area contributed by atoms with E-state index in [0.717, 1.165) is 11.1 Å². The number of nitrogens with zero attached hydrogens (tertiary/aromatic N) is 2. The Morgan fingerprint density at radius 3 is 1.62 bits per heavy atom. The van der Waals surface area contributed by atoms with Crippen LogP contribution in [0.5, 0.6) is 11.5 Å². The highest BCUT2D eigenvalue weighted by Gasteiger charge is 2.09. The molecule has 0 aliphatic heterocycles. The molecule has 0 amide bonds. The molecule has 4 nitrogen and oxygen atoms in total. The fraction of sp³-hybridized carbons (Fsp3) is 0.125. The van der Waals surface area contributed by atoms with Gasteiger partial charge in [0.15, 0.2) is 0 Å². The van der Waals surface area contributed by atoms with Crippen molar-refractivity contribution < 1.29 is 9.31 Å². The van der Waals surface area contributed by atoms with Crippen LogP contribution in [0.1, 0.15) is 22.3 Å². The van der Waals surface area contributed by atoms with Gasteiger partial charge in [0.25, 0.3) is 0 Å². The van der Waals surface area contributed by atoms with Crippen LogP contribution in [0, 0.1) is 36.5 Å². The van der Waals surface area contributed by atoms with Crippen LogP contribution in [0.25, 0.3) is 0 Å². The molecule has 0 aliphatic carbocycles. The van der Waals surface area contributed by atoms with Crippen LogP contribution in [-0.4, -0.2) is 7.69 Å². The maximum absolute atomic E-state index is 8.96. The second kappa shape index (κ2) is 6.50. The van der Waals surface area contributed by atoms with Crippen molar-refractivity contribution in [1.29, 1.82) is 10.5 Å². The maximum Gasteiger partial charge on any atom is 0.658 e. The molecule has 0 aliphatic rings. The molecule has 0 atom stereocenters. The molecule has 2 aromatic rings. The van der Waals surface area contributed by atoms with Gasteiger partial charge in [-0.25, -0.2) is 0 Å². The van der Waals surface area contributed by atoms with Gasteiger partial charge in [-0.1, -0.05) is 12.1 Å².